The molecule has 0 amide bonds. The second-order valence-electron chi connectivity index (χ2n) is 4.70. The van der Waals surface area contributed by atoms with Crippen LogP contribution in [0.15, 0.2) is 23.3 Å². The molecule has 5 heteroatoms. The molecule has 102 valence electrons. The number of nitrogens with zero attached hydrogens (tertiary/aromatic N) is 1. The van der Waals surface area contributed by atoms with Crippen LogP contribution in [0.5, 0.6) is 0 Å². The Labute approximate surface area is 117 Å². The van der Waals surface area contributed by atoms with Crippen LogP contribution in [0.3, 0.4) is 0 Å². The third kappa shape index (κ3) is 3.96. The summed E-state index contributed by atoms with van der Waals surface area (Å²) in [4.78, 5) is 10.9. The number of carbonyl (C=O) groups is 1. The van der Waals surface area contributed by atoms with Crippen LogP contribution in [0.25, 0.3) is 0 Å². The zero-order valence-corrected chi connectivity index (χ0v) is 11.4. The first-order valence-electron chi connectivity index (χ1n) is 6.51. The van der Waals surface area contributed by atoms with E-state index < -0.39 is 5.97 Å². The topological polar surface area (TPSA) is 61.7 Å². The van der Waals surface area contributed by atoms with Gasteiger partial charge in [-0.2, -0.15) is 5.10 Å². The quantitative estimate of drug-likeness (QED) is 0.645. The zero-order valence-electron chi connectivity index (χ0n) is 10.7. The maximum Gasteiger partial charge on any atom is 0.335 e. The minimum absolute atomic E-state index is 0.202. The lowest BCUT2D eigenvalue weighted by Gasteiger charge is -2.07. The number of hydrogen-bond acceptors (Lipinski definition) is 3. The summed E-state index contributed by atoms with van der Waals surface area (Å²) in [6.45, 7) is 0. The molecule has 19 heavy (non-hydrogen) atoms. The summed E-state index contributed by atoms with van der Waals surface area (Å²) in [7, 11) is 0. The molecule has 1 aliphatic rings. The van der Waals surface area contributed by atoms with Gasteiger partial charge in [-0.25, -0.2) is 4.79 Å². The van der Waals surface area contributed by atoms with Crippen LogP contribution in [0, 0.1) is 0 Å². The minimum Gasteiger partial charge on any atom is -0.478 e. The SMILES string of the molecule is O=C(O)c1ccc(Cl)c(NN=C2CCCCCC2)c1. The van der Waals surface area contributed by atoms with Crippen molar-refractivity contribution in [1.82, 2.24) is 0 Å². The molecule has 0 saturated heterocycles. The van der Waals surface area contributed by atoms with E-state index in [0.29, 0.717) is 10.7 Å². The molecule has 0 spiro atoms. The van der Waals surface area contributed by atoms with Gasteiger partial charge >= 0.3 is 5.97 Å². The fourth-order valence-electron chi connectivity index (χ4n) is 2.13. The second kappa shape index (κ2) is 6.57. The molecule has 0 bridgehead atoms. The van der Waals surface area contributed by atoms with Crippen molar-refractivity contribution in [2.45, 2.75) is 38.5 Å². The molecule has 1 aliphatic carbocycles. The van der Waals surface area contributed by atoms with Gasteiger partial charge in [0.05, 0.1) is 16.3 Å². The van der Waals surface area contributed by atoms with Gasteiger partial charge < -0.3 is 5.11 Å². The van der Waals surface area contributed by atoms with E-state index in [1.54, 1.807) is 6.07 Å². The first-order chi connectivity index (χ1) is 9.16. The Morgan fingerprint density at radius 2 is 1.89 bits per heavy atom. The smallest absolute Gasteiger partial charge is 0.335 e. The van der Waals surface area contributed by atoms with Crippen LogP contribution in [0.4, 0.5) is 5.69 Å². The van der Waals surface area contributed by atoms with Gasteiger partial charge in [-0.05, 0) is 43.9 Å². The Morgan fingerprint density at radius 3 is 2.53 bits per heavy atom. The number of hydrogen-bond donors (Lipinski definition) is 2. The highest BCUT2D eigenvalue weighted by Gasteiger charge is 2.08. The van der Waals surface area contributed by atoms with Gasteiger partial charge in [0.2, 0.25) is 0 Å². The van der Waals surface area contributed by atoms with Crippen molar-refractivity contribution in [3.8, 4) is 0 Å². The number of rotatable bonds is 3. The van der Waals surface area contributed by atoms with E-state index in [-0.39, 0.29) is 5.56 Å². The fraction of sp³-hybridized carbons (Fsp3) is 0.429. The molecule has 1 aromatic carbocycles. The molecule has 2 rings (SSSR count). The van der Waals surface area contributed by atoms with Crippen LogP contribution in [0.2, 0.25) is 5.02 Å². The van der Waals surface area contributed by atoms with Gasteiger partial charge in [-0.1, -0.05) is 24.4 Å². The number of carboxylic acid groups (broad SMARTS) is 1. The number of halogens is 1. The summed E-state index contributed by atoms with van der Waals surface area (Å²) >= 11 is 6.03. The van der Waals surface area contributed by atoms with Crippen LogP contribution < -0.4 is 5.43 Å². The lowest BCUT2D eigenvalue weighted by atomic mass is 10.2. The molecule has 1 aromatic rings. The van der Waals surface area contributed by atoms with Gasteiger partial charge in [0.25, 0.3) is 0 Å². The van der Waals surface area contributed by atoms with Gasteiger partial charge in [0, 0.05) is 5.71 Å². The number of hydrazone groups is 1. The van der Waals surface area contributed by atoms with E-state index in [1.165, 1.54) is 37.8 Å². The largest absolute Gasteiger partial charge is 0.478 e. The maximum atomic E-state index is 10.9. The first kappa shape index (κ1) is 13.9. The van der Waals surface area contributed by atoms with Crippen molar-refractivity contribution in [1.29, 1.82) is 0 Å². The Kier molecular flexibility index (Phi) is 4.80. The monoisotopic (exact) mass is 280 g/mol. The Bertz CT molecular complexity index is 490. The molecule has 2 N–H and O–H groups in total. The molecule has 0 unspecified atom stereocenters. The van der Waals surface area contributed by atoms with E-state index in [2.05, 4.69) is 10.5 Å². The average Bonchev–Trinajstić information content (AvgIpc) is 2.66. The molecule has 0 atom stereocenters. The van der Waals surface area contributed by atoms with Crippen molar-refractivity contribution in [2.75, 3.05) is 5.43 Å². The summed E-state index contributed by atoms with van der Waals surface area (Å²) < 4.78 is 0. The Morgan fingerprint density at radius 1 is 1.21 bits per heavy atom. The van der Waals surface area contributed by atoms with Crippen molar-refractivity contribution < 1.29 is 9.90 Å². The summed E-state index contributed by atoms with van der Waals surface area (Å²) in [5.74, 6) is -0.971. The average molecular weight is 281 g/mol. The lowest BCUT2D eigenvalue weighted by Crippen LogP contribution is -2.02. The number of benzene rings is 1. The fourth-order valence-corrected chi connectivity index (χ4v) is 2.29. The molecule has 0 heterocycles. The number of anilines is 1. The lowest BCUT2D eigenvalue weighted by molar-refractivity contribution is 0.0697. The predicted molar refractivity (Wildman–Crippen MR) is 77.2 cm³/mol. The highest BCUT2D eigenvalue weighted by Crippen LogP contribution is 2.24. The van der Waals surface area contributed by atoms with Crippen LogP contribution in [0.1, 0.15) is 48.9 Å². The zero-order chi connectivity index (χ0) is 13.7. The molecule has 1 saturated carbocycles. The molecule has 0 radical (unpaired) electrons. The van der Waals surface area contributed by atoms with Crippen LogP contribution in [-0.4, -0.2) is 16.8 Å². The summed E-state index contributed by atoms with van der Waals surface area (Å²) in [5.41, 5.74) is 4.77. The molecule has 0 aromatic heterocycles. The van der Waals surface area contributed by atoms with Crippen LogP contribution >= 0.6 is 11.6 Å². The van der Waals surface area contributed by atoms with E-state index >= 15 is 0 Å². The first-order valence-corrected chi connectivity index (χ1v) is 6.89. The minimum atomic E-state index is -0.971. The third-order valence-electron chi connectivity index (χ3n) is 3.23. The van der Waals surface area contributed by atoms with Gasteiger partial charge in [0.1, 0.15) is 0 Å². The Balaban J connectivity index is 2.11. The number of nitrogens with one attached hydrogen (secondary N) is 1. The predicted octanol–water partition coefficient (Wildman–Crippen LogP) is 4.16. The molecule has 4 nitrogen and oxygen atoms in total. The number of carboxylic acids is 1. The summed E-state index contributed by atoms with van der Waals surface area (Å²) in [6.07, 6.45) is 6.86. The van der Waals surface area contributed by atoms with Crippen molar-refractivity contribution in [3.05, 3.63) is 28.8 Å². The van der Waals surface area contributed by atoms with Gasteiger partial charge in [0.15, 0.2) is 0 Å². The third-order valence-corrected chi connectivity index (χ3v) is 3.56. The van der Waals surface area contributed by atoms with E-state index in [0.717, 1.165) is 18.6 Å². The highest BCUT2D eigenvalue weighted by atomic mass is 35.5. The van der Waals surface area contributed by atoms with Gasteiger partial charge in [-0.15, -0.1) is 0 Å². The van der Waals surface area contributed by atoms with Crippen molar-refractivity contribution >= 4 is 29.0 Å². The normalized spacial score (nSPS) is 15.7. The van der Waals surface area contributed by atoms with Gasteiger partial charge in [-0.3, -0.25) is 5.43 Å². The summed E-state index contributed by atoms with van der Waals surface area (Å²) in [6, 6.07) is 4.56. The second-order valence-corrected chi connectivity index (χ2v) is 5.11. The van der Waals surface area contributed by atoms with Crippen molar-refractivity contribution in [3.63, 3.8) is 0 Å². The Hall–Kier alpha value is -1.55. The summed E-state index contributed by atoms with van der Waals surface area (Å²) in [5, 5.41) is 13.8. The van der Waals surface area contributed by atoms with Crippen molar-refractivity contribution in [2.24, 2.45) is 5.10 Å². The molecule has 1 fully saturated rings. The van der Waals surface area contributed by atoms with E-state index in [1.807, 2.05) is 0 Å². The maximum absolute atomic E-state index is 10.9. The van der Waals surface area contributed by atoms with Crippen LogP contribution in [-0.2, 0) is 0 Å². The highest BCUT2D eigenvalue weighted by molar-refractivity contribution is 6.33. The number of aromatic carboxylic acids is 1. The van der Waals surface area contributed by atoms with E-state index in [9.17, 15) is 4.79 Å². The molecule has 0 aliphatic heterocycles. The molecular formula is C14H17ClN2O2. The molecular weight excluding hydrogens is 264 g/mol. The standard InChI is InChI=1S/C14H17ClN2O2/c15-12-8-7-10(14(18)19)9-13(12)17-16-11-5-3-1-2-4-6-11/h7-9,17H,1-6H2,(H,18,19). The van der Waals surface area contributed by atoms with E-state index in [4.69, 9.17) is 16.7 Å².